The number of aliphatic hydroxyl groups is 1. The summed E-state index contributed by atoms with van der Waals surface area (Å²) in [7, 11) is 0. The smallest absolute Gasteiger partial charge is 0.249 e. The number of amides is 1. The second-order valence-electron chi connectivity index (χ2n) is 3.12. The topological polar surface area (TPSA) is 66.4 Å². The Balaban J connectivity index is 3.95. The van der Waals surface area contributed by atoms with Crippen LogP contribution in [0.5, 0.6) is 0 Å². The van der Waals surface area contributed by atoms with Gasteiger partial charge < -0.3 is 15.2 Å². The number of carbonyl (C=O) groups is 2. The summed E-state index contributed by atoms with van der Waals surface area (Å²) >= 11 is 0. The summed E-state index contributed by atoms with van der Waals surface area (Å²) in [6.45, 7) is 5.02. The minimum atomic E-state index is -1.03. The number of aliphatic hydroxyl groups excluding tert-OH is 1. The average molecular weight is 173 g/mol. The summed E-state index contributed by atoms with van der Waals surface area (Å²) < 4.78 is 0. The maximum Gasteiger partial charge on any atom is 0.249 e. The van der Waals surface area contributed by atoms with Gasteiger partial charge in [0, 0.05) is 0 Å². The molecule has 2 N–H and O–H groups in total. The molecule has 0 bridgehead atoms. The van der Waals surface area contributed by atoms with Crippen molar-refractivity contribution < 1.29 is 14.7 Å². The third-order valence-corrected chi connectivity index (χ3v) is 1.47. The van der Waals surface area contributed by atoms with E-state index < -0.39 is 18.1 Å². The summed E-state index contributed by atoms with van der Waals surface area (Å²) in [6.07, 6.45) is -0.419. The van der Waals surface area contributed by atoms with Gasteiger partial charge in [-0.2, -0.15) is 0 Å². The molecule has 0 radical (unpaired) electrons. The summed E-state index contributed by atoms with van der Waals surface area (Å²) in [5, 5.41) is 11.6. The highest BCUT2D eigenvalue weighted by molar-refractivity contribution is 5.83. The van der Waals surface area contributed by atoms with Gasteiger partial charge in [-0.15, -0.1) is 0 Å². The molecule has 0 aliphatic rings. The maximum absolute atomic E-state index is 11.0. The quantitative estimate of drug-likeness (QED) is 0.574. The van der Waals surface area contributed by atoms with Gasteiger partial charge in [0.25, 0.3) is 0 Å². The van der Waals surface area contributed by atoms with Gasteiger partial charge in [0.2, 0.25) is 5.91 Å². The van der Waals surface area contributed by atoms with Crippen molar-refractivity contribution >= 4 is 12.2 Å². The third kappa shape index (κ3) is 3.48. The van der Waals surface area contributed by atoms with Crippen molar-refractivity contribution in [2.24, 2.45) is 5.92 Å². The van der Waals surface area contributed by atoms with E-state index >= 15 is 0 Å². The first-order valence-electron chi connectivity index (χ1n) is 3.92. The normalized spacial score (nSPS) is 15.4. The van der Waals surface area contributed by atoms with Crippen LogP contribution in [0.15, 0.2) is 0 Å². The number of hydrogen-bond donors (Lipinski definition) is 2. The molecule has 0 aliphatic heterocycles. The average Bonchev–Trinajstić information content (AvgIpc) is 2.02. The van der Waals surface area contributed by atoms with Crippen LogP contribution in [0.1, 0.15) is 20.8 Å². The number of rotatable bonds is 4. The Kier molecular flexibility index (Phi) is 4.51. The first-order chi connectivity index (χ1) is 5.49. The lowest BCUT2D eigenvalue weighted by Crippen LogP contribution is -2.42. The van der Waals surface area contributed by atoms with E-state index in [1.165, 1.54) is 0 Å². The van der Waals surface area contributed by atoms with Gasteiger partial charge in [-0.25, -0.2) is 0 Å². The lowest BCUT2D eigenvalue weighted by atomic mass is 10.1. The summed E-state index contributed by atoms with van der Waals surface area (Å²) in [5.41, 5.74) is 0. The van der Waals surface area contributed by atoms with Crippen molar-refractivity contribution in [1.29, 1.82) is 0 Å². The van der Waals surface area contributed by atoms with Crippen molar-refractivity contribution in [2.75, 3.05) is 0 Å². The molecule has 0 fully saturated rings. The molecule has 0 saturated heterocycles. The molecule has 2 atom stereocenters. The first kappa shape index (κ1) is 11.1. The Morgan fingerprint density at radius 1 is 1.42 bits per heavy atom. The monoisotopic (exact) mass is 173 g/mol. The van der Waals surface area contributed by atoms with E-state index in [9.17, 15) is 14.7 Å². The van der Waals surface area contributed by atoms with E-state index in [1.54, 1.807) is 20.8 Å². The number of hydrogen-bond acceptors (Lipinski definition) is 3. The third-order valence-electron chi connectivity index (χ3n) is 1.47. The van der Waals surface area contributed by atoms with E-state index in [0.29, 0.717) is 6.29 Å². The van der Waals surface area contributed by atoms with Gasteiger partial charge in [-0.1, -0.05) is 13.8 Å². The Bertz CT molecular complexity index is 168. The summed E-state index contributed by atoms with van der Waals surface area (Å²) in [5.74, 6) is -0.631. The van der Waals surface area contributed by atoms with Crippen LogP contribution < -0.4 is 5.32 Å². The van der Waals surface area contributed by atoms with Gasteiger partial charge in [0.15, 0.2) is 0 Å². The molecule has 12 heavy (non-hydrogen) atoms. The molecule has 0 rings (SSSR count). The predicted octanol–water partition coefficient (Wildman–Crippen LogP) is -0.293. The lowest BCUT2D eigenvalue weighted by molar-refractivity contribution is -0.133. The molecule has 4 nitrogen and oxygen atoms in total. The standard InChI is InChI=1S/C8H15NO3/c1-5(2)7(11)8(12)9-6(3)4-10/h4-7,11H,1-3H3,(H,9,12). The van der Waals surface area contributed by atoms with Gasteiger partial charge in [-0.3, -0.25) is 4.79 Å². The summed E-state index contributed by atoms with van der Waals surface area (Å²) in [4.78, 5) is 21.2. The fourth-order valence-electron chi connectivity index (χ4n) is 0.647. The Morgan fingerprint density at radius 3 is 2.25 bits per heavy atom. The van der Waals surface area contributed by atoms with Crippen molar-refractivity contribution in [2.45, 2.75) is 32.9 Å². The maximum atomic E-state index is 11.0. The molecule has 0 heterocycles. The van der Waals surface area contributed by atoms with Crippen LogP contribution in [0.3, 0.4) is 0 Å². The second-order valence-corrected chi connectivity index (χ2v) is 3.12. The first-order valence-corrected chi connectivity index (χ1v) is 3.92. The Labute approximate surface area is 72.0 Å². The largest absolute Gasteiger partial charge is 0.383 e. The summed E-state index contributed by atoms with van der Waals surface area (Å²) in [6, 6.07) is -0.536. The van der Waals surface area contributed by atoms with Crippen molar-refractivity contribution in [3.8, 4) is 0 Å². The zero-order valence-corrected chi connectivity index (χ0v) is 7.57. The lowest BCUT2D eigenvalue weighted by Gasteiger charge is -2.15. The number of aldehydes is 1. The van der Waals surface area contributed by atoms with Gasteiger partial charge in [-0.05, 0) is 12.8 Å². The molecule has 4 heteroatoms. The van der Waals surface area contributed by atoms with Gasteiger partial charge in [0.05, 0.1) is 6.04 Å². The van der Waals surface area contributed by atoms with Crippen LogP contribution >= 0.6 is 0 Å². The highest BCUT2D eigenvalue weighted by Crippen LogP contribution is 2.00. The van der Waals surface area contributed by atoms with Crippen molar-refractivity contribution in [3.05, 3.63) is 0 Å². The molecule has 0 saturated carbocycles. The van der Waals surface area contributed by atoms with Crippen molar-refractivity contribution in [1.82, 2.24) is 5.32 Å². The molecule has 0 aliphatic carbocycles. The zero-order valence-electron chi connectivity index (χ0n) is 7.57. The zero-order chi connectivity index (χ0) is 9.72. The van der Waals surface area contributed by atoms with Crippen LogP contribution in [-0.4, -0.2) is 29.4 Å². The SMILES string of the molecule is CC(C=O)NC(=O)C(O)C(C)C. The predicted molar refractivity (Wildman–Crippen MR) is 44.5 cm³/mol. The molecular formula is C8H15NO3. The van der Waals surface area contributed by atoms with Gasteiger partial charge in [0.1, 0.15) is 12.4 Å². The fraction of sp³-hybridized carbons (Fsp3) is 0.750. The highest BCUT2D eigenvalue weighted by atomic mass is 16.3. The van der Waals surface area contributed by atoms with E-state index in [2.05, 4.69) is 5.32 Å². The number of nitrogens with one attached hydrogen (secondary N) is 1. The van der Waals surface area contributed by atoms with Crippen LogP contribution in [0.25, 0.3) is 0 Å². The van der Waals surface area contributed by atoms with Crippen LogP contribution in [0.4, 0.5) is 0 Å². The van der Waals surface area contributed by atoms with E-state index in [-0.39, 0.29) is 5.92 Å². The molecule has 2 unspecified atom stereocenters. The molecule has 0 aromatic rings. The molecular weight excluding hydrogens is 158 g/mol. The molecule has 0 spiro atoms. The van der Waals surface area contributed by atoms with Crippen molar-refractivity contribution in [3.63, 3.8) is 0 Å². The van der Waals surface area contributed by atoms with Gasteiger partial charge >= 0.3 is 0 Å². The molecule has 0 aromatic carbocycles. The Hall–Kier alpha value is -0.900. The van der Waals surface area contributed by atoms with Crippen LogP contribution in [-0.2, 0) is 9.59 Å². The van der Waals surface area contributed by atoms with E-state index in [4.69, 9.17) is 0 Å². The fourth-order valence-corrected chi connectivity index (χ4v) is 0.647. The van der Waals surface area contributed by atoms with Crippen LogP contribution in [0, 0.1) is 5.92 Å². The highest BCUT2D eigenvalue weighted by Gasteiger charge is 2.19. The molecule has 0 aromatic heterocycles. The number of carbonyl (C=O) groups excluding carboxylic acids is 2. The van der Waals surface area contributed by atoms with Crippen LogP contribution in [0.2, 0.25) is 0 Å². The minimum Gasteiger partial charge on any atom is -0.383 e. The molecule has 70 valence electrons. The van der Waals surface area contributed by atoms with E-state index in [1.807, 2.05) is 0 Å². The molecule has 1 amide bonds. The minimum absolute atomic E-state index is 0.135. The Morgan fingerprint density at radius 2 is 1.92 bits per heavy atom. The van der Waals surface area contributed by atoms with E-state index in [0.717, 1.165) is 0 Å². The second kappa shape index (κ2) is 4.87.